The van der Waals surface area contributed by atoms with Gasteiger partial charge in [0.25, 0.3) is 0 Å². The van der Waals surface area contributed by atoms with E-state index in [1.54, 1.807) is 0 Å². The summed E-state index contributed by atoms with van der Waals surface area (Å²) < 4.78 is 4.60. The van der Waals surface area contributed by atoms with Crippen molar-refractivity contribution in [2.45, 2.75) is 26.1 Å². The Labute approximate surface area is 73.1 Å². The molecule has 0 aliphatic carbocycles. The highest BCUT2D eigenvalue weighted by atomic mass is 16.6. The van der Waals surface area contributed by atoms with Gasteiger partial charge in [-0.25, -0.2) is 0 Å². The first-order valence-electron chi connectivity index (χ1n) is 3.89. The lowest BCUT2D eigenvalue weighted by atomic mass is 10.3. The van der Waals surface area contributed by atoms with E-state index in [2.05, 4.69) is 11.3 Å². The maximum absolute atomic E-state index is 8.76. The van der Waals surface area contributed by atoms with Crippen LogP contribution >= 0.6 is 0 Å². The van der Waals surface area contributed by atoms with Gasteiger partial charge in [0, 0.05) is 6.42 Å². The molecule has 0 aliphatic heterocycles. The third kappa shape index (κ3) is 16.2. The molecule has 0 saturated heterocycles. The van der Waals surface area contributed by atoms with Gasteiger partial charge >= 0.3 is 0 Å². The van der Waals surface area contributed by atoms with E-state index in [1.165, 1.54) is 6.26 Å². The molecule has 0 heterocycles. The van der Waals surface area contributed by atoms with Crippen molar-refractivity contribution in [3.8, 4) is 0 Å². The molecule has 0 aromatic rings. The summed E-state index contributed by atoms with van der Waals surface area (Å²) >= 11 is 0. The van der Waals surface area contributed by atoms with Crippen molar-refractivity contribution in [2.24, 2.45) is 0 Å². The van der Waals surface area contributed by atoms with Gasteiger partial charge in [0.2, 0.25) is 0 Å². The first kappa shape index (κ1) is 14.0. The Morgan fingerprint density at radius 3 is 2.17 bits per heavy atom. The van der Waals surface area contributed by atoms with Gasteiger partial charge in [-0.2, -0.15) is 0 Å². The van der Waals surface area contributed by atoms with Crippen molar-refractivity contribution in [3.63, 3.8) is 0 Å². The normalized spacial score (nSPS) is 11.0. The minimum atomic E-state index is -0.655. The van der Waals surface area contributed by atoms with E-state index in [1.807, 2.05) is 6.92 Å². The van der Waals surface area contributed by atoms with Crippen LogP contribution in [0.25, 0.3) is 0 Å². The molecule has 0 spiro atoms. The second kappa shape index (κ2) is 13.0. The highest BCUT2D eigenvalue weighted by Gasteiger charge is 1.96. The third-order valence-corrected chi connectivity index (χ3v) is 0.889. The van der Waals surface area contributed by atoms with Gasteiger partial charge in [0.15, 0.2) is 6.29 Å². The van der Waals surface area contributed by atoms with Crippen LogP contribution in [0.5, 0.6) is 0 Å². The van der Waals surface area contributed by atoms with Crippen molar-refractivity contribution < 1.29 is 20.1 Å². The van der Waals surface area contributed by atoms with E-state index in [0.29, 0.717) is 6.42 Å². The Balaban J connectivity index is 0. The summed E-state index contributed by atoms with van der Waals surface area (Å²) in [5.41, 5.74) is 0. The van der Waals surface area contributed by atoms with Gasteiger partial charge in [-0.15, -0.1) is 0 Å². The summed E-state index contributed by atoms with van der Waals surface area (Å²) in [6.45, 7) is 5.03. The predicted molar refractivity (Wildman–Crippen MR) is 46.4 cm³/mol. The van der Waals surface area contributed by atoms with Gasteiger partial charge in [-0.1, -0.05) is 19.9 Å². The van der Waals surface area contributed by atoms with Crippen LogP contribution in [0, 0.1) is 0 Å². The lowest BCUT2D eigenvalue weighted by Crippen LogP contribution is -2.06. The molecule has 74 valence electrons. The molecule has 0 aromatic heterocycles. The number of aliphatic hydroxyl groups is 3. The molecular formula is C8H18O4. The Hall–Kier alpha value is -0.580. The first-order chi connectivity index (χ1) is 5.72. The Kier molecular flexibility index (Phi) is 15.2. The molecule has 1 atom stereocenters. The summed E-state index contributed by atoms with van der Waals surface area (Å²) in [5, 5.41) is 24.0. The highest BCUT2D eigenvalue weighted by Crippen LogP contribution is 1.96. The molecular weight excluding hydrogens is 160 g/mol. The summed E-state index contributed by atoms with van der Waals surface area (Å²) in [5.74, 6) is 0. The summed E-state index contributed by atoms with van der Waals surface area (Å²) in [6, 6.07) is 0. The summed E-state index contributed by atoms with van der Waals surface area (Å²) in [6.07, 6.45) is 2.19. The molecule has 3 N–H and O–H groups in total. The highest BCUT2D eigenvalue weighted by molar-refractivity contribution is 4.50. The average Bonchev–Trinajstić information content (AvgIpc) is 2.06. The maximum Gasteiger partial charge on any atom is 0.196 e. The molecule has 0 aliphatic rings. The van der Waals surface area contributed by atoms with Gasteiger partial charge in [0.05, 0.1) is 19.5 Å². The van der Waals surface area contributed by atoms with Crippen LogP contribution in [-0.2, 0) is 4.74 Å². The van der Waals surface area contributed by atoms with Crippen LogP contribution in [0.4, 0.5) is 0 Å². The van der Waals surface area contributed by atoms with Crippen LogP contribution in [-0.4, -0.2) is 34.8 Å². The van der Waals surface area contributed by atoms with Crippen molar-refractivity contribution in [2.75, 3.05) is 13.2 Å². The Morgan fingerprint density at radius 1 is 1.42 bits per heavy atom. The molecule has 0 bridgehead atoms. The van der Waals surface area contributed by atoms with Crippen LogP contribution in [0.1, 0.15) is 19.8 Å². The van der Waals surface area contributed by atoms with Crippen molar-refractivity contribution in [1.82, 2.24) is 0 Å². The monoisotopic (exact) mass is 178 g/mol. The number of aliphatic hydroxyl groups excluding tert-OH is 3. The standard InChI is InChI=1S/C6H12O2.C2H6O2/c1-3-5-6(7)8-4-2;3-1-2-4/h4,6-7H,2-3,5H2,1H3;3-4H,1-2H2. The molecule has 12 heavy (non-hydrogen) atoms. The van der Waals surface area contributed by atoms with Crippen LogP contribution in [0.15, 0.2) is 12.8 Å². The molecule has 0 radical (unpaired) electrons. The number of hydrogen-bond donors (Lipinski definition) is 3. The molecule has 0 amide bonds. The van der Waals surface area contributed by atoms with E-state index in [9.17, 15) is 0 Å². The van der Waals surface area contributed by atoms with Crippen LogP contribution in [0.2, 0.25) is 0 Å². The van der Waals surface area contributed by atoms with Gasteiger partial charge in [-0.3, -0.25) is 0 Å². The SMILES string of the molecule is C=COC(O)CCC.OCCO. The molecule has 1 unspecified atom stereocenters. The van der Waals surface area contributed by atoms with Gasteiger partial charge < -0.3 is 20.1 Å². The lowest BCUT2D eigenvalue weighted by Gasteiger charge is -2.06. The molecule has 0 fully saturated rings. The van der Waals surface area contributed by atoms with E-state index in [4.69, 9.17) is 15.3 Å². The molecule has 0 aromatic carbocycles. The number of rotatable bonds is 5. The summed E-state index contributed by atoms with van der Waals surface area (Å²) in [7, 11) is 0. The maximum atomic E-state index is 8.76. The fraction of sp³-hybridized carbons (Fsp3) is 0.750. The Bertz CT molecular complexity index is 83.1. The van der Waals surface area contributed by atoms with Gasteiger partial charge in [-0.05, 0) is 0 Å². The molecule has 4 heteroatoms. The van der Waals surface area contributed by atoms with E-state index in [0.717, 1.165) is 6.42 Å². The largest absolute Gasteiger partial charge is 0.473 e. The zero-order valence-corrected chi connectivity index (χ0v) is 7.44. The van der Waals surface area contributed by atoms with Crippen molar-refractivity contribution in [3.05, 3.63) is 12.8 Å². The quantitative estimate of drug-likeness (QED) is 0.416. The molecule has 0 rings (SSSR count). The fourth-order valence-electron chi connectivity index (χ4n) is 0.426. The zero-order chi connectivity index (χ0) is 9.82. The molecule has 0 saturated carbocycles. The van der Waals surface area contributed by atoms with E-state index in [-0.39, 0.29) is 13.2 Å². The minimum absolute atomic E-state index is 0.125. The smallest absolute Gasteiger partial charge is 0.196 e. The minimum Gasteiger partial charge on any atom is -0.473 e. The summed E-state index contributed by atoms with van der Waals surface area (Å²) in [4.78, 5) is 0. The van der Waals surface area contributed by atoms with E-state index < -0.39 is 6.29 Å². The van der Waals surface area contributed by atoms with E-state index >= 15 is 0 Å². The number of ether oxygens (including phenoxy) is 1. The second-order valence-electron chi connectivity index (χ2n) is 1.99. The zero-order valence-electron chi connectivity index (χ0n) is 7.44. The number of hydrogen-bond acceptors (Lipinski definition) is 4. The molecule has 4 nitrogen and oxygen atoms in total. The first-order valence-corrected chi connectivity index (χ1v) is 3.89. The third-order valence-electron chi connectivity index (χ3n) is 0.889. The lowest BCUT2D eigenvalue weighted by molar-refractivity contribution is -0.0558. The van der Waals surface area contributed by atoms with Crippen molar-refractivity contribution in [1.29, 1.82) is 0 Å². The van der Waals surface area contributed by atoms with Crippen molar-refractivity contribution >= 4 is 0 Å². The Morgan fingerprint density at radius 2 is 1.92 bits per heavy atom. The average molecular weight is 178 g/mol. The van der Waals surface area contributed by atoms with Gasteiger partial charge in [0.1, 0.15) is 0 Å². The van der Waals surface area contributed by atoms with Crippen LogP contribution < -0.4 is 0 Å². The topological polar surface area (TPSA) is 69.9 Å². The predicted octanol–water partition coefficient (Wildman–Crippen LogP) is 0.236. The fourth-order valence-corrected chi connectivity index (χ4v) is 0.426. The van der Waals surface area contributed by atoms with Crippen LogP contribution in [0.3, 0.4) is 0 Å². The second-order valence-corrected chi connectivity index (χ2v) is 1.99.